The predicted octanol–water partition coefficient (Wildman–Crippen LogP) is -1.06. The van der Waals surface area contributed by atoms with Crippen LogP contribution in [-0.4, -0.2) is 69.8 Å². The Kier molecular flexibility index (Phi) is 8.15. The van der Waals surface area contributed by atoms with Crippen LogP contribution in [0.3, 0.4) is 0 Å². The second-order valence-electron chi connectivity index (χ2n) is 3.53. The van der Waals surface area contributed by atoms with Crippen LogP contribution >= 0.6 is 0 Å². The number of anilines is 1. The smallest absolute Gasteiger partial charge is 0.182 e. The van der Waals surface area contributed by atoms with Gasteiger partial charge >= 0.3 is 0 Å². The maximum Gasteiger partial charge on any atom is 0.182 e. The summed E-state index contributed by atoms with van der Waals surface area (Å²) in [7, 11) is 0. The summed E-state index contributed by atoms with van der Waals surface area (Å²) in [6.45, 7) is 1.73. The summed E-state index contributed by atoms with van der Waals surface area (Å²) in [5.41, 5.74) is 6.78. The molecule has 0 unspecified atom stereocenters. The van der Waals surface area contributed by atoms with Gasteiger partial charge in [0.1, 0.15) is 11.8 Å². The fraction of sp³-hybridized carbons (Fsp3) is 0.545. The van der Waals surface area contributed by atoms with Crippen LogP contribution in [0.15, 0.2) is 12.7 Å². The Morgan fingerprint density at radius 2 is 1.65 bits per heavy atom. The Bertz CT molecular complexity index is 471. The van der Waals surface area contributed by atoms with E-state index in [1.165, 1.54) is 12.7 Å². The molecular formula is C11H19N5O4. The molecule has 2 heterocycles. The Morgan fingerprint density at radius 1 is 1.00 bits per heavy atom. The van der Waals surface area contributed by atoms with Crippen molar-refractivity contribution in [2.24, 2.45) is 0 Å². The summed E-state index contributed by atoms with van der Waals surface area (Å²) < 4.78 is 9.75. The molecule has 2 aromatic rings. The van der Waals surface area contributed by atoms with Crippen molar-refractivity contribution in [3.05, 3.63) is 12.7 Å². The summed E-state index contributed by atoms with van der Waals surface area (Å²) in [5.74, 6) is 0.433. The van der Waals surface area contributed by atoms with Gasteiger partial charge in [0.05, 0.1) is 46.0 Å². The van der Waals surface area contributed by atoms with Crippen molar-refractivity contribution in [1.29, 1.82) is 0 Å². The first-order valence-electron chi connectivity index (χ1n) is 6.06. The number of hydrogen-bond donors (Lipinski definition) is 4. The van der Waals surface area contributed by atoms with Gasteiger partial charge in [-0.1, -0.05) is 0 Å². The number of nitrogens with two attached hydrogens (primary N) is 1. The lowest BCUT2D eigenvalue weighted by molar-refractivity contribution is 0.0222. The van der Waals surface area contributed by atoms with E-state index in [-0.39, 0.29) is 13.2 Å². The number of nitrogen functional groups attached to an aromatic ring is 1. The van der Waals surface area contributed by atoms with Gasteiger partial charge in [-0.25, -0.2) is 15.0 Å². The van der Waals surface area contributed by atoms with Crippen LogP contribution in [0.5, 0.6) is 0 Å². The minimum atomic E-state index is 0.0417. The molecule has 2 rings (SSSR count). The average Bonchev–Trinajstić information content (AvgIpc) is 2.93. The first-order chi connectivity index (χ1) is 9.79. The third kappa shape index (κ3) is 5.89. The number of aliphatic hydroxyl groups is 2. The van der Waals surface area contributed by atoms with Gasteiger partial charge in [-0.05, 0) is 0 Å². The Morgan fingerprint density at radius 3 is 2.20 bits per heavy atom. The van der Waals surface area contributed by atoms with E-state index in [1.807, 2.05) is 0 Å². The van der Waals surface area contributed by atoms with Gasteiger partial charge in [0, 0.05) is 0 Å². The zero-order valence-electron chi connectivity index (χ0n) is 11.0. The molecule has 9 heteroatoms. The molecule has 0 radical (unpaired) electrons. The van der Waals surface area contributed by atoms with Gasteiger partial charge in [-0.3, -0.25) is 0 Å². The number of nitrogens with zero attached hydrogens (tertiary/aromatic N) is 3. The fourth-order valence-corrected chi connectivity index (χ4v) is 1.23. The van der Waals surface area contributed by atoms with Crippen LogP contribution in [0.4, 0.5) is 5.82 Å². The molecule has 2 aromatic heterocycles. The molecule has 0 amide bonds. The second-order valence-corrected chi connectivity index (χ2v) is 3.53. The number of aliphatic hydroxyl groups excluding tert-OH is 2. The highest BCUT2D eigenvalue weighted by atomic mass is 16.5. The molecule has 0 aliphatic carbocycles. The van der Waals surface area contributed by atoms with E-state index in [2.05, 4.69) is 19.9 Å². The lowest BCUT2D eigenvalue weighted by atomic mass is 10.5. The molecule has 5 N–H and O–H groups in total. The molecule has 9 nitrogen and oxygen atoms in total. The molecule has 0 atom stereocenters. The summed E-state index contributed by atoms with van der Waals surface area (Å²) in [6, 6.07) is 0. The van der Waals surface area contributed by atoms with E-state index in [9.17, 15) is 0 Å². The lowest BCUT2D eigenvalue weighted by Crippen LogP contribution is -2.09. The van der Waals surface area contributed by atoms with Crippen LogP contribution in [0.1, 0.15) is 0 Å². The molecule has 0 aliphatic rings. The Hall–Kier alpha value is -1.81. The van der Waals surface area contributed by atoms with E-state index in [1.54, 1.807) is 0 Å². The fourth-order valence-electron chi connectivity index (χ4n) is 1.23. The maximum absolute atomic E-state index is 8.26. The number of fused-ring (bicyclic) bond motifs is 1. The molecule has 0 saturated carbocycles. The van der Waals surface area contributed by atoms with Crippen LogP contribution < -0.4 is 5.73 Å². The number of hydrogen-bond acceptors (Lipinski definition) is 8. The van der Waals surface area contributed by atoms with Crippen molar-refractivity contribution in [2.75, 3.05) is 45.4 Å². The Balaban J connectivity index is 0.000000200. The quantitative estimate of drug-likeness (QED) is 0.472. The van der Waals surface area contributed by atoms with E-state index in [4.69, 9.17) is 25.4 Å². The molecule has 0 saturated heterocycles. The lowest BCUT2D eigenvalue weighted by Gasteiger charge is -2.01. The first-order valence-corrected chi connectivity index (χ1v) is 6.06. The van der Waals surface area contributed by atoms with E-state index in [0.717, 1.165) is 0 Å². The zero-order chi connectivity index (χ0) is 14.6. The van der Waals surface area contributed by atoms with Crippen LogP contribution in [0.25, 0.3) is 11.2 Å². The van der Waals surface area contributed by atoms with Gasteiger partial charge in [-0.2, -0.15) is 0 Å². The molecule has 20 heavy (non-hydrogen) atoms. The zero-order valence-corrected chi connectivity index (χ0v) is 11.0. The van der Waals surface area contributed by atoms with Crippen LogP contribution in [-0.2, 0) is 9.47 Å². The minimum absolute atomic E-state index is 0.0417. The van der Waals surface area contributed by atoms with Crippen molar-refractivity contribution in [2.45, 2.75) is 0 Å². The van der Waals surface area contributed by atoms with E-state index < -0.39 is 0 Å². The van der Waals surface area contributed by atoms with Gasteiger partial charge in [-0.15, -0.1) is 0 Å². The predicted molar refractivity (Wildman–Crippen MR) is 71.9 cm³/mol. The van der Waals surface area contributed by atoms with Crippen molar-refractivity contribution in [3.8, 4) is 0 Å². The van der Waals surface area contributed by atoms with Gasteiger partial charge in [0.15, 0.2) is 11.5 Å². The Labute approximate surface area is 115 Å². The topological polar surface area (TPSA) is 139 Å². The summed E-state index contributed by atoms with van der Waals surface area (Å²) in [6.07, 6.45) is 2.92. The summed E-state index contributed by atoms with van der Waals surface area (Å²) in [5, 5.41) is 16.5. The number of ether oxygens (including phenoxy) is 2. The van der Waals surface area contributed by atoms with Crippen molar-refractivity contribution in [1.82, 2.24) is 19.9 Å². The molecule has 0 fully saturated rings. The maximum atomic E-state index is 8.26. The highest BCUT2D eigenvalue weighted by Gasteiger charge is 1.99. The number of nitrogens with one attached hydrogen (secondary N) is 1. The number of rotatable bonds is 7. The third-order valence-electron chi connectivity index (χ3n) is 2.10. The van der Waals surface area contributed by atoms with Crippen LogP contribution in [0.2, 0.25) is 0 Å². The largest absolute Gasteiger partial charge is 0.394 e. The molecule has 0 spiro atoms. The third-order valence-corrected chi connectivity index (χ3v) is 2.10. The number of aromatic nitrogens is 4. The number of aromatic amines is 1. The van der Waals surface area contributed by atoms with Crippen molar-refractivity contribution in [3.63, 3.8) is 0 Å². The first kappa shape index (κ1) is 16.2. The number of H-pyrrole nitrogens is 1. The highest BCUT2D eigenvalue weighted by Crippen LogP contribution is 2.09. The monoisotopic (exact) mass is 285 g/mol. The normalized spacial score (nSPS) is 10.3. The van der Waals surface area contributed by atoms with Gasteiger partial charge < -0.3 is 30.4 Å². The van der Waals surface area contributed by atoms with Gasteiger partial charge in [0.2, 0.25) is 0 Å². The molecular weight excluding hydrogens is 266 g/mol. The molecule has 0 aliphatic heterocycles. The van der Waals surface area contributed by atoms with Gasteiger partial charge in [0.25, 0.3) is 0 Å². The van der Waals surface area contributed by atoms with Crippen molar-refractivity contribution < 1.29 is 19.7 Å². The minimum Gasteiger partial charge on any atom is -0.394 e. The summed E-state index contributed by atoms with van der Waals surface area (Å²) in [4.78, 5) is 14.4. The SMILES string of the molecule is Nc1ncnc2nc[nH]c12.OCCOCCOCCO. The average molecular weight is 285 g/mol. The standard InChI is InChI=1S/C6H14O4.C5H5N5/c7-1-3-9-5-6-10-4-2-8;6-4-3-5(9-1-7-3)10-2-8-4/h7-8H,1-6H2;1-2H,(H3,6,7,8,9,10). The summed E-state index contributed by atoms with van der Waals surface area (Å²) >= 11 is 0. The molecule has 0 bridgehead atoms. The van der Waals surface area contributed by atoms with E-state index >= 15 is 0 Å². The molecule has 112 valence electrons. The second kappa shape index (κ2) is 10.0. The van der Waals surface area contributed by atoms with Crippen LogP contribution in [0, 0.1) is 0 Å². The number of imidazole rings is 1. The van der Waals surface area contributed by atoms with E-state index in [0.29, 0.717) is 43.4 Å². The highest BCUT2D eigenvalue weighted by molar-refractivity contribution is 5.80. The van der Waals surface area contributed by atoms with Crippen molar-refractivity contribution >= 4 is 17.0 Å². The molecule has 0 aromatic carbocycles.